The highest BCUT2D eigenvalue weighted by Crippen LogP contribution is 2.28. The fourth-order valence-electron chi connectivity index (χ4n) is 1.95. The zero-order chi connectivity index (χ0) is 17.0. The molecule has 124 valence electrons. The van der Waals surface area contributed by atoms with E-state index in [1.54, 1.807) is 11.3 Å². The summed E-state index contributed by atoms with van der Waals surface area (Å²) in [6.45, 7) is 7.63. The molecule has 1 unspecified atom stereocenters. The molecular weight excluding hydrogens is 376 g/mol. The molecule has 0 spiro atoms. The standard InChI is InChI=1S/C17H21BrN2O2S/c1-11(15-9-12(18)10-23-15)19-13-5-7-14(8-6-13)20-16(21)22-17(2,3)4/h5-11,19H,1-4H3,(H,20,21). The molecule has 2 rings (SSSR count). The monoisotopic (exact) mass is 396 g/mol. The van der Waals surface area contributed by atoms with Gasteiger partial charge in [0.1, 0.15) is 5.60 Å². The molecule has 0 radical (unpaired) electrons. The lowest BCUT2D eigenvalue weighted by Crippen LogP contribution is -2.27. The number of benzene rings is 1. The third kappa shape index (κ3) is 5.88. The SMILES string of the molecule is CC(Nc1ccc(NC(=O)OC(C)(C)C)cc1)c1cc(Br)cs1. The molecule has 0 aliphatic heterocycles. The first-order valence-electron chi connectivity index (χ1n) is 7.33. The number of ether oxygens (including phenoxy) is 1. The molecule has 6 heteroatoms. The maximum absolute atomic E-state index is 11.7. The highest BCUT2D eigenvalue weighted by atomic mass is 79.9. The number of anilines is 2. The number of halogens is 1. The number of carbonyl (C=O) groups excluding carboxylic acids is 1. The zero-order valence-electron chi connectivity index (χ0n) is 13.6. The Hall–Kier alpha value is -1.53. The summed E-state index contributed by atoms with van der Waals surface area (Å²) >= 11 is 5.18. The lowest BCUT2D eigenvalue weighted by Gasteiger charge is -2.20. The number of nitrogens with one attached hydrogen (secondary N) is 2. The smallest absolute Gasteiger partial charge is 0.412 e. The zero-order valence-corrected chi connectivity index (χ0v) is 16.0. The molecule has 1 amide bonds. The second-order valence-corrected chi connectivity index (χ2v) is 8.10. The molecule has 1 aromatic heterocycles. The molecule has 2 N–H and O–H groups in total. The van der Waals surface area contributed by atoms with Crippen LogP contribution in [-0.2, 0) is 4.74 Å². The van der Waals surface area contributed by atoms with Gasteiger partial charge in [0.2, 0.25) is 0 Å². The van der Waals surface area contributed by atoms with E-state index in [0.29, 0.717) is 5.69 Å². The van der Waals surface area contributed by atoms with E-state index >= 15 is 0 Å². The van der Waals surface area contributed by atoms with Gasteiger partial charge in [0.25, 0.3) is 0 Å². The quantitative estimate of drug-likeness (QED) is 0.662. The summed E-state index contributed by atoms with van der Waals surface area (Å²) in [7, 11) is 0. The predicted octanol–water partition coefficient (Wildman–Crippen LogP) is 6.03. The van der Waals surface area contributed by atoms with Gasteiger partial charge in [0, 0.05) is 26.1 Å². The predicted molar refractivity (Wildman–Crippen MR) is 100 cm³/mol. The number of thiophene rings is 1. The third-order valence-corrected chi connectivity index (χ3v) is 4.80. The molecule has 0 saturated heterocycles. The van der Waals surface area contributed by atoms with Crippen molar-refractivity contribution in [2.24, 2.45) is 0 Å². The van der Waals surface area contributed by atoms with Crippen LogP contribution in [0.3, 0.4) is 0 Å². The molecule has 0 fully saturated rings. The van der Waals surface area contributed by atoms with Crippen LogP contribution in [0, 0.1) is 0 Å². The molecule has 0 aliphatic carbocycles. The van der Waals surface area contributed by atoms with Gasteiger partial charge in [-0.05, 0) is 74.0 Å². The normalized spacial score (nSPS) is 12.6. The average molecular weight is 397 g/mol. The number of rotatable bonds is 4. The molecule has 1 aromatic carbocycles. The molecule has 0 bridgehead atoms. The summed E-state index contributed by atoms with van der Waals surface area (Å²) in [6.07, 6.45) is -0.449. The van der Waals surface area contributed by atoms with Gasteiger partial charge in [-0.2, -0.15) is 0 Å². The van der Waals surface area contributed by atoms with E-state index in [1.165, 1.54) is 4.88 Å². The van der Waals surface area contributed by atoms with Crippen LogP contribution in [0.15, 0.2) is 40.2 Å². The van der Waals surface area contributed by atoms with Crippen LogP contribution in [0.25, 0.3) is 0 Å². The van der Waals surface area contributed by atoms with Crippen LogP contribution in [-0.4, -0.2) is 11.7 Å². The Morgan fingerprint density at radius 1 is 1.22 bits per heavy atom. The van der Waals surface area contributed by atoms with Crippen LogP contribution in [0.1, 0.15) is 38.6 Å². The second-order valence-electron chi connectivity index (χ2n) is 6.24. The number of hydrogen-bond acceptors (Lipinski definition) is 4. The molecule has 23 heavy (non-hydrogen) atoms. The van der Waals surface area contributed by atoms with Crippen LogP contribution in [0.4, 0.5) is 16.2 Å². The van der Waals surface area contributed by atoms with Crippen LogP contribution in [0.2, 0.25) is 0 Å². The van der Waals surface area contributed by atoms with E-state index in [4.69, 9.17) is 4.74 Å². The number of amides is 1. The fourth-order valence-corrected chi connectivity index (χ4v) is 3.40. The van der Waals surface area contributed by atoms with E-state index in [-0.39, 0.29) is 6.04 Å². The summed E-state index contributed by atoms with van der Waals surface area (Å²) in [4.78, 5) is 13.0. The topological polar surface area (TPSA) is 50.4 Å². The van der Waals surface area contributed by atoms with Crippen molar-refractivity contribution in [2.75, 3.05) is 10.6 Å². The van der Waals surface area contributed by atoms with E-state index < -0.39 is 11.7 Å². The fraction of sp³-hybridized carbons (Fsp3) is 0.353. The van der Waals surface area contributed by atoms with Crippen LogP contribution in [0.5, 0.6) is 0 Å². The van der Waals surface area contributed by atoms with Gasteiger partial charge in [-0.15, -0.1) is 11.3 Å². The largest absolute Gasteiger partial charge is 0.444 e. The van der Waals surface area contributed by atoms with Crippen LogP contribution < -0.4 is 10.6 Å². The average Bonchev–Trinajstić information content (AvgIpc) is 2.85. The van der Waals surface area contributed by atoms with Crippen molar-refractivity contribution in [2.45, 2.75) is 39.3 Å². The molecule has 1 atom stereocenters. The van der Waals surface area contributed by atoms with Crippen molar-refractivity contribution in [3.05, 3.63) is 45.1 Å². The van der Waals surface area contributed by atoms with Gasteiger partial charge in [-0.3, -0.25) is 5.32 Å². The van der Waals surface area contributed by atoms with Crippen LogP contribution >= 0.6 is 27.3 Å². The summed E-state index contributed by atoms with van der Waals surface area (Å²) in [6, 6.07) is 9.90. The van der Waals surface area contributed by atoms with E-state index in [1.807, 2.05) is 45.0 Å². The molecule has 1 heterocycles. The van der Waals surface area contributed by atoms with Crippen molar-refractivity contribution >= 4 is 44.7 Å². The summed E-state index contributed by atoms with van der Waals surface area (Å²) in [5, 5.41) is 8.23. The highest BCUT2D eigenvalue weighted by Gasteiger charge is 2.16. The Labute approximate surface area is 149 Å². The first-order valence-corrected chi connectivity index (χ1v) is 9.01. The second kappa shape index (κ2) is 7.36. The minimum absolute atomic E-state index is 0.218. The lowest BCUT2D eigenvalue weighted by atomic mass is 10.2. The first-order chi connectivity index (χ1) is 10.7. The van der Waals surface area contributed by atoms with Crippen molar-refractivity contribution in [1.82, 2.24) is 0 Å². The van der Waals surface area contributed by atoms with E-state index in [0.717, 1.165) is 10.2 Å². The number of hydrogen-bond donors (Lipinski definition) is 2. The maximum Gasteiger partial charge on any atom is 0.412 e. The van der Waals surface area contributed by atoms with Gasteiger partial charge >= 0.3 is 6.09 Å². The third-order valence-electron chi connectivity index (χ3n) is 2.93. The van der Waals surface area contributed by atoms with Crippen molar-refractivity contribution < 1.29 is 9.53 Å². The summed E-state index contributed by atoms with van der Waals surface area (Å²) in [5.41, 5.74) is 1.20. The minimum Gasteiger partial charge on any atom is -0.444 e. The molecular formula is C17H21BrN2O2S. The Bertz CT molecular complexity index is 662. The van der Waals surface area contributed by atoms with Gasteiger partial charge in [-0.1, -0.05) is 0 Å². The van der Waals surface area contributed by atoms with Gasteiger partial charge in [0.05, 0.1) is 6.04 Å². The lowest BCUT2D eigenvalue weighted by molar-refractivity contribution is 0.0636. The molecule has 4 nitrogen and oxygen atoms in total. The van der Waals surface area contributed by atoms with Gasteiger partial charge < -0.3 is 10.1 Å². The summed E-state index contributed by atoms with van der Waals surface area (Å²) in [5.74, 6) is 0. The van der Waals surface area contributed by atoms with Gasteiger partial charge in [0.15, 0.2) is 0 Å². The van der Waals surface area contributed by atoms with Crippen molar-refractivity contribution in [1.29, 1.82) is 0 Å². The van der Waals surface area contributed by atoms with E-state index in [9.17, 15) is 4.79 Å². The number of carbonyl (C=O) groups is 1. The molecule has 2 aromatic rings. The van der Waals surface area contributed by atoms with Crippen molar-refractivity contribution in [3.63, 3.8) is 0 Å². The van der Waals surface area contributed by atoms with E-state index in [2.05, 4.69) is 44.9 Å². The Morgan fingerprint density at radius 3 is 2.35 bits per heavy atom. The van der Waals surface area contributed by atoms with Crippen molar-refractivity contribution in [3.8, 4) is 0 Å². The first kappa shape index (κ1) is 17.8. The minimum atomic E-state index is -0.504. The van der Waals surface area contributed by atoms with Gasteiger partial charge in [-0.25, -0.2) is 4.79 Å². The molecule has 0 saturated carbocycles. The Kier molecular flexibility index (Phi) is 5.70. The Morgan fingerprint density at radius 2 is 1.83 bits per heavy atom. The highest BCUT2D eigenvalue weighted by molar-refractivity contribution is 9.10. The maximum atomic E-state index is 11.7. The summed E-state index contributed by atoms with van der Waals surface area (Å²) < 4.78 is 6.33. The molecule has 0 aliphatic rings. The Balaban J connectivity index is 1.93.